The van der Waals surface area contributed by atoms with Crippen LogP contribution in [0.15, 0.2) is 35.7 Å². The van der Waals surface area contributed by atoms with Crippen LogP contribution >= 0.6 is 11.3 Å². The Morgan fingerprint density at radius 3 is 2.83 bits per heavy atom. The maximum absolute atomic E-state index is 12.3. The smallest absolute Gasteiger partial charge is 0.226 e. The highest BCUT2D eigenvalue weighted by Gasteiger charge is 2.27. The number of hydrogen-bond acceptors (Lipinski definition) is 4. The van der Waals surface area contributed by atoms with E-state index in [1.54, 1.807) is 11.3 Å². The number of carbonyl (C=O) groups is 1. The van der Waals surface area contributed by atoms with E-state index in [9.17, 15) is 4.79 Å². The van der Waals surface area contributed by atoms with Crippen molar-refractivity contribution in [2.24, 2.45) is 0 Å². The van der Waals surface area contributed by atoms with Crippen molar-refractivity contribution >= 4 is 17.2 Å². The highest BCUT2D eigenvalue weighted by molar-refractivity contribution is 7.09. The Morgan fingerprint density at radius 2 is 2.08 bits per heavy atom. The van der Waals surface area contributed by atoms with Gasteiger partial charge in [-0.2, -0.15) is 0 Å². The van der Waals surface area contributed by atoms with Gasteiger partial charge in [0.2, 0.25) is 5.91 Å². The molecule has 4 nitrogen and oxygen atoms in total. The molecule has 3 rings (SSSR count). The van der Waals surface area contributed by atoms with Crippen LogP contribution in [0, 0.1) is 6.92 Å². The highest BCUT2D eigenvalue weighted by atomic mass is 32.1. The summed E-state index contributed by atoms with van der Waals surface area (Å²) in [6.45, 7) is 2.56. The molecule has 1 aliphatic rings. The first-order chi connectivity index (χ1) is 11.7. The molecule has 0 bridgehead atoms. The van der Waals surface area contributed by atoms with Crippen LogP contribution in [0.4, 0.5) is 0 Å². The molecule has 1 aromatic heterocycles. The van der Waals surface area contributed by atoms with E-state index >= 15 is 0 Å². The predicted octanol–water partition coefficient (Wildman–Crippen LogP) is 3.64. The van der Waals surface area contributed by atoms with Gasteiger partial charge >= 0.3 is 0 Å². The first-order valence-corrected chi connectivity index (χ1v) is 9.44. The van der Waals surface area contributed by atoms with Crippen molar-refractivity contribution < 1.29 is 9.53 Å². The summed E-state index contributed by atoms with van der Waals surface area (Å²) in [4.78, 5) is 16.7. The number of nitrogens with zero attached hydrogens (tertiary/aromatic N) is 1. The van der Waals surface area contributed by atoms with E-state index < -0.39 is 0 Å². The molecule has 24 heavy (non-hydrogen) atoms. The van der Waals surface area contributed by atoms with Gasteiger partial charge in [0, 0.05) is 5.38 Å². The van der Waals surface area contributed by atoms with Gasteiger partial charge in [0.05, 0.1) is 35.9 Å². The molecule has 2 aromatic rings. The van der Waals surface area contributed by atoms with Crippen LogP contribution in [0.2, 0.25) is 0 Å². The Morgan fingerprint density at radius 1 is 1.29 bits per heavy atom. The van der Waals surface area contributed by atoms with Crippen molar-refractivity contribution in [1.82, 2.24) is 10.3 Å². The highest BCUT2D eigenvalue weighted by Crippen LogP contribution is 2.22. The molecule has 1 N–H and O–H groups in total. The van der Waals surface area contributed by atoms with E-state index in [-0.39, 0.29) is 18.1 Å². The van der Waals surface area contributed by atoms with Gasteiger partial charge in [-0.05, 0) is 25.3 Å². The van der Waals surface area contributed by atoms with Crippen molar-refractivity contribution in [3.05, 3.63) is 52.0 Å². The standard InChI is InChI=1S/C19H24N2O2S/c1-14-20-16(13-24-14)11-19(22)21-17-9-5-6-10-18(17)23-12-15-7-3-2-4-8-15/h2-4,7-8,13,17-18H,5-6,9-12H2,1H3,(H,21,22)/t17-,18-/m0/s1. The van der Waals surface area contributed by atoms with E-state index in [0.717, 1.165) is 36.4 Å². The lowest BCUT2D eigenvalue weighted by Gasteiger charge is -2.32. The zero-order chi connectivity index (χ0) is 16.8. The third kappa shape index (κ3) is 4.89. The molecule has 1 saturated carbocycles. The van der Waals surface area contributed by atoms with Crippen molar-refractivity contribution in [1.29, 1.82) is 0 Å². The summed E-state index contributed by atoms with van der Waals surface area (Å²) in [6.07, 6.45) is 4.75. The summed E-state index contributed by atoms with van der Waals surface area (Å²) in [5.41, 5.74) is 2.03. The van der Waals surface area contributed by atoms with Gasteiger partial charge in [-0.1, -0.05) is 43.2 Å². The molecule has 1 amide bonds. The summed E-state index contributed by atoms with van der Waals surface area (Å²) >= 11 is 1.58. The fraction of sp³-hybridized carbons (Fsp3) is 0.474. The summed E-state index contributed by atoms with van der Waals surface area (Å²) in [7, 11) is 0. The maximum Gasteiger partial charge on any atom is 0.226 e. The molecule has 0 radical (unpaired) electrons. The molecule has 0 spiro atoms. The van der Waals surface area contributed by atoms with Crippen LogP contribution in [-0.2, 0) is 22.6 Å². The first kappa shape index (κ1) is 17.1. The Bertz CT molecular complexity index is 656. The van der Waals surface area contributed by atoms with Crippen molar-refractivity contribution in [3.63, 3.8) is 0 Å². The predicted molar refractivity (Wildman–Crippen MR) is 96.0 cm³/mol. The molecule has 1 fully saturated rings. The van der Waals surface area contributed by atoms with Gasteiger partial charge in [-0.15, -0.1) is 11.3 Å². The molecule has 1 aliphatic carbocycles. The number of thiazole rings is 1. The van der Waals surface area contributed by atoms with Gasteiger partial charge in [-0.25, -0.2) is 4.98 Å². The summed E-state index contributed by atoms with van der Waals surface area (Å²) in [5.74, 6) is 0.0421. The van der Waals surface area contributed by atoms with Crippen molar-refractivity contribution in [2.75, 3.05) is 0 Å². The zero-order valence-corrected chi connectivity index (χ0v) is 14.8. The van der Waals surface area contributed by atoms with Crippen LogP contribution in [-0.4, -0.2) is 23.0 Å². The third-order valence-electron chi connectivity index (χ3n) is 4.36. The van der Waals surface area contributed by atoms with Crippen molar-refractivity contribution in [3.8, 4) is 0 Å². The lowest BCUT2D eigenvalue weighted by atomic mass is 9.92. The monoisotopic (exact) mass is 344 g/mol. The second kappa shape index (κ2) is 8.40. The quantitative estimate of drug-likeness (QED) is 0.870. The number of rotatable bonds is 6. The third-order valence-corrected chi connectivity index (χ3v) is 5.19. The number of amides is 1. The summed E-state index contributed by atoms with van der Waals surface area (Å²) in [6, 6.07) is 10.3. The van der Waals surface area contributed by atoms with E-state index in [2.05, 4.69) is 22.4 Å². The fourth-order valence-electron chi connectivity index (χ4n) is 3.15. The molecule has 0 saturated heterocycles. The average Bonchev–Trinajstić information content (AvgIpc) is 3.00. The van der Waals surface area contributed by atoms with Crippen LogP contribution in [0.1, 0.15) is 41.9 Å². The lowest BCUT2D eigenvalue weighted by Crippen LogP contribution is -2.46. The molecule has 0 unspecified atom stereocenters. The van der Waals surface area contributed by atoms with Crippen LogP contribution in [0.25, 0.3) is 0 Å². The Kier molecular flexibility index (Phi) is 5.99. The van der Waals surface area contributed by atoms with E-state index in [4.69, 9.17) is 4.74 Å². The molecule has 1 heterocycles. The summed E-state index contributed by atoms with van der Waals surface area (Å²) in [5, 5.41) is 6.12. The minimum absolute atomic E-state index is 0.0421. The minimum Gasteiger partial charge on any atom is -0.371 e. The molecule has 1 aromatic carbocycles. The fourth-order valence-corrected chi connectivity index (χ4v) is 3.76. The number of aryl methyl sites for hydroxylation is 1. The number of benzene rings is 1. The molecule has 128 valence electrons. The van der Waals surface area contributed by atoms with Gasteiger partial charge in [0.1, 0.15) is 0 Å². The summed E-state index contributed by atoms with van der Waals surface area (Å²) < 4.78 is 6.11. The number of ether oxygens (including phenoxy) is 1. The second-order valence-electron chi connectivity index (χ2n) is 6.33. The number of hydrogen-bond donors (Lipinski definition) is 1. The average molecular weight is 344 g/mol. The normalized spacial score (nSPS) is 20.7. The van der Waals surface area contributed by atoms with E-state index in [1.165, 1.54) is 5.56 Å². The number of carbonyl (C=O) groups excluding carboxylic acids is 1. The molecule has 0 aliphatic heterocycles. The Labute approximate surface area is 147 Å². The second-order valence-corrected chi connectivity index (χ2v) is 7.39. The molecular weight excluding hydrogens is 320 g/mol. The van der Waals surface area contributed by atoms with E-state index in [0.29, 0.717) is 13.0 Å². The van der Waals surface area contributed by atoms with Crippen molar-refractivity contribution in [2.45, 2.75) is 57.8 Å². The number of aromatic nitrogens is 1. The molecule has 5 heteroatoms. The van der Waals surface area contributed by atoms with Crippen LogP contribution < -0.4 is 5.32 Å². The Balaban J connectivity index is 1.52. The SMILES string of the molecule is Cc1nc(CC(=O)N[C@H]2CCCC[C@@H]2OCc2ccccc2)cs1. The number of nitrogens with one attached hydrogen (secondary N) is 1. The van der Waals surface area contributed by atoms with Crippen LogP contribution in [0.5, 0.6) is 0 Å². The molecule has 2 atom stereocenters. The topological polar surface area (TPSA) is 51.2 Å². The maximum atomic E-state index is 12.3. The minimum atomic E-state index is 0.0421. The van der Waals surface area contributed by atoms with Crippen LogP contribution in [0.3, 0.4) is 0 Å². The first-order valence-electron chi connectivity index (χ1n) is 8.56. The molecular formula is C19H24N2O2S. The van der Waals surface area contributed by atoms with Gasteiger partial charge in [0.25, 0.3) is 0 Å². The lowest BCUT2D eigenvalue weighted by molar-refractivity contribution is -0.123. The zero-order valence-electron chi connectivity index (χ0n) is 14.0. The van der Waals surface area contributed by atoms with Gasteiger partial charge < -0.3 is 10.1 Å². The Hall–Kier alpha value is -1.72. The van der Waals surface area contributed by atoms with Gasteiger partial charge in [-0.3, -0.25) is 4.79 Å². The largest absolute Gasteiger partial charge is 0.371 e. The van der Waals surface area contributed by atoms with E-state index in [1.807, 2.05) is 30.5 Å². The van der Waals surface area contributed by atoms with Gasteiger partial charge in [0.15, 0.2) is 0 Å².